The summed E-state index contributed by atoms with van der Waals surface area (Å²) in [6.07, 6.45) is 12.3. The van der Waals surface area contributed by atoms with Gasteiger partial charge in [0.1, 0.15) is 14.3 Å². The molecule has 0 spiro atoms. The molecule has 170 valence electrons. The maximum atomic E-state index is 5.94. The van der Waals surface area contributed by atoms with Crippen molar-refractivity contribution in [2.75, 3.05) is 0 Å². The summed E-state index contributed by atoms with van der Waals surface area (Å²) in [6, 6.07) is 0. The van der Waals surface area contributed by atoms with Gasteiger partial charge >= 0.3 is 0 Å². The molecule has 10 heteroatoms. The van der Waals surface area contributed by atoms with Gasteiger partial charge in [-0.3, -0.25) is 0 Å². The van der Waals surface area contributed by atoms with Crippen LogP contribution in [0.1, 0.15) is 62.3 Å². The van der Waals surface area contributed by atoms with Gasteiger partial charge in [0.15, 0.2) is 0 Å². The van der Waals surface area contributed by atoms with E-state index in [1.165, 1.54) is 0 Å². The van der Waals surface area contributed by atoms with Gasteiger partial charge in [-0.15, -0.1) is 0 Å². The van der Waals surface area contributed by atoms with Crippen molar-refractivity contribution in [3.05, 3.63) is 51.5 Å². The Kier molecular flexibility index (Phi) is 5.99. The lowest BCUT2D eigenvalue weighted by atomic mass is 9.92. The average molecular weight is 478 g/mol. The first kappa shape index (κ1) is 24.0. The first-order valence-corrected chi connectivity index (χ1v) is 11.8. The fraction of sp³-hybridized carbons (Fsp3) is 0.571. The third kappa shape index (κ3) is 4.34. The minimum absolute atomic E-state index is 0.121. The van der Waals surface area contributed by atoms with Gasteiger partial charge < -0.3 is 27.1 Å². The third-order valence-corrected chi connectivity index (χ3v) is 6.92. The largest absolute Gasteiger partial charge is 0.463 e. The summed E-state index contributed by atoms with van der Waals surface area (Å²) in [5.74, 6) is 0. The third-order valence-electron chi connectivity index (χ3n) is 5.62. The maximum Gasteiger partial charge on any atom is 0.283 e. The van der Waals surface area contributed by atoms with E-state index in [1.807, 2.05) is 0 Å². The Morgan fingerprint density at radius 2 is 0.710 bits per heavy atom. The van der Waals surface area contributed by atoms with E-state index in [0.29, 0.717) is 0 Å². The quantitative estimate of drug-likeness (QED) is 0.363. The molecule has 31 heavy (non-hydrogen) atoms. The number of imidazole rings is 3. The molecule has 3 aromatic rings. The second-order valence-corrected chi connectivity index (χ2v) is 12.3. The van der Waals surface area contributed by atoms with E-state index >= 15 is 0 Å². The zero-order chi connectivity index (χ0) is 23.5. The summed E-state index contributed by atoms with van der Waals surface area (Å²) in [6.45, 7) is 19.4. The van der Waals surface area contributed by atoms with E-state index in [1.54, 1.807) is 0 Å². The molecule has 0 unspecified atom stereocenters. The molecule has 3 heterocycles. The minimum atomic E-state index is -1.46. The van der Waals surface area contributed by atoms with Crippen LogP contribution in [0.3, 0.4) is 0 Å². The Morgan fingerprint density at radius 3 is 0.871 bits per heavy atom. The van der Waals surface area contributed by atoms with Crippen molar-refractivity contribution in [1.82, 2.24) is 27.1 Å². The van der Waals surface area contributed by atoms with Gasteiger partial charge in [-0.1, -0.05) is 0 Å². The summed E-state index contributed by atoms with van der Waals surface area (Å²) >= 11 is 17.8. The molecule has 0 aliphatic heterocycles. The monoisotopic (exact) mass is 477 g/mol. The van der Waals surface area contributed by atoms with Gasteiger partial charge in [0.2, 0.25) is 0 Å². The van der Waals surface area contributed by atoms with Gasteiger partial charge in [0.05, 0.1) is 0 Å². The molecule has 0 N–H and O–H groups in total. The van der Waals surface area contributed by atoms with Crippen LogP contribution >= 0.6 is 36.7 Å². The van der Waals surface area contributed by atoms with Crippen molar-refractivity contribution >= 4 is 43.8 Å². The van der Waals surface area contributed by atoms with E-state index in [0.717, 1.165) is 14.3 Å². The maximum absolute atomic E-state index is 5.94. The van der Waals surface area contributed by atoms with E-state index in [2.05, 4.69) is 127 Å². The van der Waals surface area contributed by atoms with Crippen LogP contribution in [-0.2, 0) is 16.6 Å². The molecule has 6 nitrogen and oxygen atoms in total. The van der Waals surface area contributed by atoms with Crippen molar-refractivity contribution in [3.63, 3.8) is 0 Å². The van der Waals surface area contributed by atoms with Crippen molar-refractivity contribution in [2.24, 2.45) is 0 Å². The van der Waals surface area contributed by atoms with Crippen LogP contribution in [0.5, 0.6) is 0 Å². The van der Waals surface area contributed by atoms with Gasteiger partial charge in [-0.2, -0.15) is 0 Å². The smallest absolute Gasteiger partial charge is 0.283 e. The molecule has 0 fully saturated rings. The molecule has 0 amide bonds. The fourth-order valence-corrected chi connectivity index (χ4v) is 5.44. The number of hydrogen-bond donors (Lipinski definition) is 0. The predicted octanol–water partition coefficient (Wildman–Crippen LogP) is 5.61. The first-order chi connectivity index (χ1) is 14.0. The van der Waals surface area contributed by atoms with Crippen LogP contribution in [0.4, 0.5) is 0 Å². The van der Waals surface area contributed by atoms with Gasteiger partial charge in [0, 0.05) is 35.2 Å². The molecule has 0 atom stereocenters. The van der Waals surface area contributed by atoms with Crippen LogP contribution in [0, 0.1) is 14.3 Å². The van der Waals surface area contributed by atoms with Crippen LogP contribution in [-0.4, -0.2) is 34.3 Å². The van der Waals surface area contributed by atoms with Crippen molar-refractivity contribution in [3.8, 4) is 0 Å². The van der Waals surface area contributed by atoms with Gasteiger partial charge in [-0.25, -0.2) is 0 Å². The van der Waals surface area contributed by atoms with E-state index < -0.39 is 7.12 Å². The van der Waals surface area contributed by atoms with Crippen LogP contribution in [0.25, 0.3) is 0 Å². The highest BCUT2D eigenvalue weighted by Gasteiger charge is 2.23. The second-order valence-electron chi connectivity index (χ2n) is 11.2. The lowest BCUT2D eigenvalue weighted by Crippen LogP contribution is -2.42. The lowest BCUT2D eigenvalue weighted by Gasteiger charge is -2.32. The zero-order valence-corrected chi connectivity index (χ0v) is 22.5. The molecule has 0 bridgehead atoms. The Morgan fingerprint density at radius 1 is 0.484 bits per heavy atom. The van der Waals surface area contributed by atoms with E-state index in [4.69, 9.17) is 36.7 Å². The van der Waals surface area contributed by atoms with Crippen molar-refractivity contribution in [1.29, 1.82) is 0 Å². The van der Waals surface area contributed by atoms with Crippen molar-refractivity contribution in [2.45, 2.75) is 78.9 Å². The standard InChI is InChI=1S/C21H34BN6S3/c1-19(2,3)23-10-13-26(16(23)29)22(27-14-11-24(17(27)30)20(4,5)6)28-15-12-25(18(28)31)21(7,8)9/h10-15,22H,1-9H3/q-1. The highest BCUT2D eigenvalue weighted by molar-refractivity contribution is 7.71. The normalized spacial score (nSPS) is 13.4. The van der Waals surface area contributed by atoms with Gasteiger partial charge in [-0.05, 0) is 118 Å². The molecule has 0 radical (unpaired) electrons. The number of aromatic nitrogens is 6. The predicted molar refractivity (Wildman–Crippen MR) is 138 cm³/mol. The van der Waals surface area contributed by atoms with E-state index in [9.17, 15) is 0 Å². The molecule has 3 aromatic heterocycles. The Bertz CT molecular complexity index is 1100. The summed E-state index contributed by atoms with van der Waals surface area (Å²) in [5, 5.41) is 0. The number of nitrogens with zero attached hydrogens (tertiary/aromatic N) is 6. The molecular weight excluding hydrogens is 443 g/mol. The van der Waals surface area contributed by atoms with Crippen LogP contribution in [0.2, 0.25) is 0 Å². The summed E-state index contributed by atoms with van der Waals surface area (Å²) in [4.78, 5) is 0. The number of hydrogen-bond acceptors (Lipinski definition) is 3. The molecule has 0 aromatic carbocycles. The Balaban J connectivity index is 2.33. The molecular formula is C21H34BN6S3-. The number of rotatable bonds is 3. The summed E-state index contributed by atoms with van der Waals surface area (Å²) < 4.78 is 15.1. The first-order valence-electron chi connectivity index (χ1n) is 10.6. The molecule has 0 saturated heterocycles. The summed E-state index contributed by atoms with van der Waals surface area (Å²) in [5.41, 5.74) is -0.363. The van der Waals surface area contributed by atoms with Crippen LogP contribution in [0.15, 0.2) is 37.2 Å². The molecule has 0 saturated carbocycles. The Hall–Kier alpha value is -1.65. The lowest BCUT2D eigenvalue weighted by molar-refractivity contribution is 0.388. The average Bonchev–Trinajstić information content (AvgIpc) is 3.26. The highest BCUT2D eigenvalue weighted by Crippen LogP contribution is 2.21. The zero-order valence-electron chi connectivity index (χ0n) is 20.1. The molecule has 3 rings (SSSR count). The van der Waals surface area contributed by atoms with Gasteiger partial charge in [0.25, 0.3) is 7.12 Å². The van der Waals surface area contributed by atoms with E-state index in [-0.39, 0.29) is 16.6 Å². The van der Waals surface area contributed by atoms with Crippen LogP contribution < -0.4 is 0 Å². The fourth-order valence-electron chi connectivity index (χ4n) is 3.91. The SMILES string of the molecule is CC(C)(C)n1ccn([BH-](n2ccn(C(C)(C)C)c2=S)n2ccn(C(C)(C)C)c2=S)c1=S. The second kappa shape index (κ2) is 7.74. The minimum Gasteiger partial charge on any atom is -0.463 e. The summed E-state index contributed by atoms with van der Waals surface area (Å²) in [7, 11) is -1.46. The Labute approximate surface area is 200 Å². The topological polar surface area (TPSA) is 29.6 Å². The molecule has 0 aliphatic rings. The molecule has 0 aliphatic carbocycles. The highest BCUT2D eigenvalue weighted by atomic mass is 32.1. The van der Waals surface area contributed by atoms with Crippen molar-refractivity contribution < 1.29 is 0 Å².